The molecule has 0 aromatic heterocycles. The zero-order valence-corrected chi connectivity index (χ0v) is 19.6. The molecule has 0 atom stereocenters. The topological polar surface area (TPSA) is 29.5 Å². The minimum atomic E-state index is -2.06. The molecular weight excluding hydrogens is 374 g/mol. The van der Waals surface area contributed by atoms with Crippen LogP contribution in [0.4, 0.5) is 5.69 Å². The van der Waals surface area contributed by atoms with Crippen LogP contribution in [0.3, 0.4) is 0 Å². The summed E-state index contributed by atoms with van der Waals surface area (Å²) in [4.78, 5) is 14.9. The van der Waals surface area contributed by atoms with Gasteiger partial charge in [-0.1, -0.05) is 65.3 Å². The van der Waals surface area contributed by atoms with Crippen LogP contribution in [0, 0.1) is 0 Å². The molecular formula is C22H34ClNO2Si. The quantitative estimate of drug-likeness (QED) is 0.458. The van der Waals surface area contributed by atoms with Gasteiger partial charge in [-0.15, -0.1) is 0 Å². The van der Waals surface area contributed by atoms with Gasteiger partial charge in [0.05, 0.1) is 22.0 Å². The Kier molecular flexibility index (Phi) is 7.20. The highest BCUT2D eigenvalue weighted by Crippen LogP contribution is 2.46. The maximum Gasteiger partial charge on any atom is 0.258 e. The Labute approximate surface area is 170 Å². The summed E-state index contributed by atoms with van der Waals surface area (Å²) in [5.74, 6) is 0.941. The van der Waals surface area contributed by atoms with E-state index in [9.17, 15) is 4.79 Å². The molecule has 0 radical (unpaired) electrons. The maximum absolute atomic E-state index is 13.2. The van der Waals surface area contributed by atoms with Gasteiger partial charge in [0, 0.05) is 13.5 Å². The second-order valence-electron chi connectivity index (χ2n) is 8.49. The summed E-state index contributed by atoms with van der Waals surface area (Å²) in [5, 5.41) is 0.588. The molecule has 0 saturated carbocycles. The summed E-state index contributed by atoms with van der Waals surface area (Å²) in [6, 6.07) is 7.47. The first kappa shape index (κ1) is 22.0. The number of carbonyl (C=O) groups is 1. The molecule has 0 aliphatic heterocycles. The van der Waals surface area contributed by atoms with Crippen molar-refractivity contribution in [3.63, 3.8) is 0 Å². The molecule has 0 spiro atoms. The van der Waals surface area contributed by atoms with Gasteiger partial charge < -0.3 is 9.33 Å². The first-order chi connectivity index (χ1) is 12.6. The zero-order valence-electron chi connectivity index (χ0n) is 17.8. The molecule has 1 amide bonds. The number of rotatable bonds is 7. The highest BCUT2D eigenvalue weighted by molar-refractivity contribution is 6.77. The van der Waals surface area contributed by atoms with Gasteiger partial charge in [0.1, 0.15) is 0 Å². The molecule has 3 nitrogen and oxygen atoms in total. The minimum Gasteiger partial charge on any atom is -0.545 e. The molecule has 0 saturated heterocycles. The van der Waals surface area contributed by atoms with Gasteiger partial charge in [-0.05, 0) is 41.6 Å². The minimum absolute atomic E-state index is 0.00904. The fourth-order valence-electron chi connectivity index (χ4n) is 4.66. The van der Waals surface area contributed by atoms with Gasteiger partial charge >= 0.3 is 0 Å². The van der Waals surface area contributed by atoms with E-state index in [1.54, 1.807) is 11.9 Å². The second-order valence-corrected chi connectivity index (χ2v) is 14.3. The van der Waals surface area contributed by atoms with E-state index in [-0.39, 0.29) is 5.91 Å². The average Bonchev–Trinajstić information content (AvgIpc) is 3.05. The largest absolute Gasteiger partial charge is 0.545 e. The van der Waals surface area contributed by atoms with Crippen LogP contribution in [0.2, 0.25) is 21.6 Å². The number of halogens is 1. The summed E-state index contributed by atoms with van der Waals surface area (Å²) in [6.45, 7) is 13.7. The Morgan fingerprint density at radius 1 is 1.04 bits per heavy atom. The first-order valence-corrected chi connectivity index (χ1v) is 12.6. The highest BCUT2D eigenvalue weighted by Gasteiger charge is 2.48. The monoisotopic (exact) mass is 407 g/mol. The fourth-order valence-corrected chi connectivity index (χ4v) is 10.3. The second kappa shape index (κ2) is 8.83. The van der Waals surface area contributed by atoms with E-state index in [1.165, 1.54) is 0 Å². The lowest BCUT2D eigenvalue weighted by Gasteiger charge is -2.43. The Morgan fingerprint density at radius 2 is 1.59 bits per heavy atom. The third kappa shape index (κ3) is 4.27. The molecule has 2 rings (SSSR count). The van der Waals surface area contributed by atoms with E-state index >= 15 is 0 Å². The van der Waals surface area contributed by atoms with Crippen LogP contribution >= 0.6 is 11.6 Å². The lowest BCUT2D eigenvalue weighted by Crippen LogP contribution is -2.47. The van der Waals surface area contributed by atoms with E-state index < -0.39 is 8.32 Å². The van der Waals surface area contributed by atoms with Crippen LogP contribution in [-0.2, 0) is 9.22 Å². The Hall–Kier alpha value is -1.26. The Bertz CT molecular complexity index is 690. The standard InChI is InChI=1S/C22H34ClNO2Si/c1-15(2)27(16(3)4,17(5)6)26-21-14-10-11-18(21)22(25)24(7)20-13-9-8-12-19(20)23/h8-9,12-13,15-17H,10-11,14H2,1-7H3. The maximum atomic E-state index is 13.2. The molecule has 1 aliphatic carbocycles. The van der Waals surface area contributed by atoms with Gasteiger partial charge in [0.25, 0.3) is 14.2 Å². The molecule has 5 heteroatoms. The molecule has 0 fully saturated rings. The zero-order chi connectivity index (χ0) is 20.4. The number of nitrogens with zero attached hydrogens (tertiary/aromatic N) is 1. The SMILES string of the molecule is CC(C)[Si](OC1=C(C(=O)N(C)c2ccccc2Cl)CCC1)(C(C)C)C(C)C. The van der Waals surface area contributed by atoms with Crippen molar-refractivity contribution in [2.45, 2.75) is 77.4 Å². The summed E-state index contributed by atoms with van der Waals surface area (Å²) in [7, 11) is -0.264. The summed E-state index contributed by atoms with van der Waals surface area (Å²) in [6.07, 6.45) is 2.62. The number of likely N-dealkylation sites (N-methyl/N-ethyl adjacent to an activating group) is 1. The normalized spacial score (nSPS) is 15.2. The molecule has 1 aromatic carbocycles. The third-order valence-electron chi connectivity index (χ3n) is 5.95. The van der Waals surface area contributed by atoms with Gasteiger partial charge in [0.15, 0.2) is 0 Å². The van der Waals surface area contributed by atoms with Gasteiger partial charge in [-0.3, -0.25) is 4.79 Å². The van der Waals surface area contributed by atoms with Crippen molar-refractivity contribution in [3.05, 3.63) is 40.6 Å². The molecule has 1 aromatic rings. The van der Waals surface area contributed by atoms with E-state index in [0.29, 0.717) is 21.6 Å². The smallest absolute Gasteiger partial charge is 0.258 e. The van der Waals surface area contributed by atoms with Crippen LogP contribution in [-0.4, -0.2) is 21.3 Å². The number of para-hydroxylation sites is 1. The summed E-state index contributed by atoms with van der Waals surface area (Å²) >= 11 is 6.30. The predicted octanol–water partition coefficient (Wildman–Crippen LogP) is 6.93. The lowest BCUT2D eigenvalue weighted by molar-refractivity contribution is -0.115. The number of hydrogen-bond donors (Lipinski definition) is 0. The predicted molar refractivity (Wildman–Crippen MR) is 118 cm³/mol. The number of allylic oxidation sites excluding steroid dienone is 1. The van der Waals surface area contributed by atoms with Gasteiger partial charge in [-0.2, -0.15) is 0 Å². The van der Waals surface area contributed by atoms with Crippen molar-refractivity contribution < 1.29 is 9.22 Å². The van der Waals surface area contributed by atoms with Crippen molar-refractivity contribution in [1.82, 2.24) is 0 Å². The molecule has 0 unspecified atom stereocenters. The van der Waals surface area contributed by atoms with Crippen molar-refractivity contribution in [2.24, 2.45) is 0 Å². The molecule has 1 aliphatic rings. The number of carbonyl (C=O) groups excluding carboxylic acids is 1. The van der Waals surface area contributed by atoms with Crippen LogP contribution in [0.5, 0.6) is 0 Å². The van der Waals surface area contributed by atoms with Crippen LogP contribution < -0.4 is 4.90 Å². The van der Waals surface area contributed by atoms with Gasteiger partial charge in [-0.25, -0.2) is 0 Å². The molecule has 0 heterocycles. The van der Waals surface area contributed by atoms with Crippen LogP contribution in [0.15, 0.2) is 35.6 Å². The van der Waals surface area contributed by atoms with Crippen LogP contribution in [0.25, 0.3) is 0 Å². The lowest BCUT2D eigenvalue weighted by atomic mass is 10.2. The van der Waals surface area contributed by atoms with Crippen molar-refractivity contribution >= 4 is 31.5 Å². The molecule has 27 heavy (non-hydrogen) atoms. The summed E-state index contributed by atoms with van der Waals surface area (Å²) in [5.41, 5.74) is 3.04. The number of amides is 1. The number of benzene rings is 1. The van der Waals surface area contributed by atoms with E-state index in [1.807, 2.05) is 24.3 Å². The fraction of sp³-hybridized carbons (Fsp3) is 0.591. The number of anilines is 1. The molecule has 0 bridgehead atoms. The van der Waals surface area contributed by atoms with Crippen LogP contribution in [0.1, 0.15) is 60.8 Å². The Morgan fingerprint density at radius 3 is 2.11 bits per heavy atom. The van der Waals surface area contributed by atoms with E-state index in [2.05, 4.69) is 41.5 Å². The third-order valence-corrected chi connectivity index (χ3v) is 12.3. The van der Waals surface area contributed by atoms with E-state index in [4.69, 9.17) is 16.0 Å². The molecule has 150 valence electrons. The van der Waals surface area contributed by atoms with E-state index in [0.717, 1.165) is 36.3 Å². The van der Waals surface area contributed by atoms with Crippen molar-refractivity contribution in [1.29, 1.82) is 0 Å². The van der Waals surface area contributed by atoms with Gasteiger partial charge in [0.2, 0.25) is 0 Å². The number of hydrogen-bond acceptors (Lipinski definition) is 2. The first-order valence-electron chi connectivity index (χ1n) is 10.1. The molecule has 0 N–H and O–H groups in total. The highest BCUT2D eigenvalue weighted by atomic mass is 35.5. The average molecular weight is 408 g/mol. The summed E-state index contributed by atoms with van der Waals surface area (Å²) < 4.78 is 6.87. The Balaban J connectivity index is 2.39. The van der Waals surface area contributed by atoms with Crippen molar-refractivity contribution in [2.75, 3.05) is 11.9 Å². The van der Waals surface area contributed by atoms with Crippen molar-refractivity contribution in [3.8, 4) is 0 Å².